The molecule has 0 aliphatic carbocycles. The fourth-order valence-corrected chi connectivity index (χ4v) is 3.41. The molecule has 5 nitrogen and oxygen atoms in total. The van der Waals surface area contributed by atoms with Crippen LogP contribution in [0.5, 0.6) is 0 Å². The molecule has 0 saturated carbocycles. The van der Waals surface area contributed by atoms with Crippen molar-refractivity contribution in [3.63, 3.8) is 0 Å². The summed E-state index contributed by atoms with van der Waals surface area (Å²) in [5.74, 6) is 1.70. The van der Waals surface area contributed by atoms with Gasteiger partial charge in [-0.2, -0.15) is 0 Å². The summed E-state index contributed by atoms with van der Waals surface area (Å²) < 4.78 is 21.4. The topological polar surface area (TPSA) is 51.3 Å². The van der Waals surface area contributed by atoms with Crippen LogP contribution in [0.25, 0.3) is 11.0 Å². The van der Waals surface area contributed by atoms with Crippen molar-refractivity contribution in [3.05, 3.63) is 53.0 Å². The average Bonchev–Trinajstić information content (AvgIpc) is 3.13. The number of aryl methyl sites for hydroxylation is 3. The summed E-state index contributed by atoms with van der Waals surface area (Å²) in [7, 11) is 0. The summed E-state index contributed by atoms with van der Waals surface area (Å²) in [6, 6.07) is 6.43. The zero-order valence-corrected chi connectivity index (χ0v) is 17.3. The number of hydrogen-bond acceptors (Lipinski definition) is 3. The van der Waals surface area contributed by atoms with Gasteiger partial charge in [0.25, 0.3) is 5.91 Å². The highest BCUT2D eigenvalue weighted by molar-refractivity contribution is 5.91. The van der Waals surface area contributed by atoms with Gasteiger partial charge in [0.05, 0.1) is 17.6 Å². The van der Waals surface area contributed by atoms with Gasteiger partial charge in [0, 0.05) is 19.2 Å². The number of nitrogens with zero attached hydrogens (tertiary/aromatic N) is 3. The van der Waals surface area contributed by atoms with Crippen molar-refractivity contribution in [1.82, 2.24) is 14.5 Å². The number of hydrogen-bond donors (Lipinski definition) is 0. The fourth-order valence-electron chi connectivity index (χ4n) is 3.41. The van der Waals surface area contributed by atoms with Gasteiger partial charge in [0.15, 0.2) is 5.76 Å². The van der Waals surface area contributed by atoms with Crippen LogP contribution in [0.4, 0.5) is 4.39 Å². The van der Waals surface area contributed by atoms with Crippen molar-refractivity contribution in [2.45, 2.75) is 54.1 Å². The molecule has 3 aromatic rings. The zero-order chi connectivity index (χ0) is 20.4. The van der Waals surface area contributed by atoms with Gasteiger partial charge in [-0.3, -0.25) is 4.79 Å². The largest absolute Gasteiger partial charge is 0.456 e. The third kappa shape index (κ3) is 4.11. The Morgan fingerprint density at radius 3 is 2.64 bits per heavy atom. The van der Waals surface area contributed by atoms with E-state index in [1.165, 1.54) is 12.1 Å². The van der Waals surface area contributed by atoms with Gasteiger partial charge in [-0.05, 0) is 49.9 Å². The number of imidazole rings is 1. The molecule has 0 fully saturated rings. The van der Waals surface area contributed by atoms with E-state index in [2.05, 4.69) is 30.3 Å². The molecular weight excluding hydrogens is 357 g/mol. The van der Waals surface area contributed by atoms with E-state index < -0.39 is 0 Å². The average molecular weight is 385 g/mol. The van der Waals surface area contributed by atoms with Crippen LogP contribution in [0.3, 0.4) is 0 Å². The summed E-state index contributed by atoms with van der Waals surface area (Å²) >= 11 is 0. The quantitative estimate of drug-likeness (QED) is 0.569. The summed E-state index contributed by atoms with van der Waals surface area (Å²) in [6.07, 6.45) is 0.921. The molecule has 1 aromatic carbocycles. The second-order valence-electron chi connectivity index (χ2n) is 7.74. The molecule has 3 rings (SSSR count). The van der Waals surface area contributed by atoms with Gasteiger partial charge >= 0.3 is 0 Å². The molecule has 0 unspecified atom stereocenters. The lowest BCUT2D eigenvalue weighted by molar-refractivity contribution is 0.0682. The molecule has 2 heterocycles. The van der Waals surface area contributed by atoms with Crippen LogP contribution in [0.2, 0.25) is 0 Å². The molecule has 0 atom stereocenters. The van der Waals surface area contributed by atoms with E-state index in [-0.39, 0.29) is 11.7 Å². The van der Waals surface area contributed by atoms with Crippen LogP contribution >= 0.6 is 0 Å². The highest BCUT2D eigenvalue weighted by Crippen LogP contribution is 2.22. The van der Waals surface area contributed by atoms with Crippen LogP contribution in [0.1, 0.15) is 54.9 Å². The Bertz CT molecular complexity index is 968. The SMILES string of the molecule is CCCn1c(CN(CC(C)C)C(=O)c2cc(C)c(C)o2)nc2cc(F)ccc21. The van der Waals surface area contributed by atoms with Crippen molar-refractivity contribution < 1.29 is 13.6 Å². The van der Waals surface area contributed by atoms with Crippen LogP contribution in [0.15, 0.2) is 28.7 Å². The number of carbonyl (C=O) groups is 1. The molecule has 0 bridgehead atoms. The first-order valence-electron chi connectivity index (χ1n) is 9.81. The van der Waals surface area contributed by atoms with Crippen molar-refractivity contribution >= 4 is 16.9 Å². The molecule has 1 amide bonds. The molecule has 0 spiro atoms. The maximum absolute atomic E-state index is 13.7. The number of carbonyl (C=O) groups excluding carboxylic acids is 1. The van der Waals surface area contributed by atoms with Crippen molar-refractivity contribution in [2.75, 3.05) is 6.54 Å². The predicted molar refractivity (Wildman–Crippen MR) is 108 cm³/mol. The zero-order valence-electron chi connectivity index (χ0n) is 17.3. The smallest absolute Gasteiger partial charge is 0.289 e. The van der Waals surface area contributed by atoms with E-state index in [1.54, 1.807) is 17.0 Å². The molecule has 28 heavy (non-hydrogen) atoms. The van der Waals surface area contributed by atoms with E-state index in [9.17, 15) is 9.18 Å². The van der Waals surface area contributed by atoms with Gasteiger partial charge in [0.1, 0.15) is 17.4 Å². The van der Waals surface area contributed by atoms with E-state index in [0.29, 0.717) is 30.3 Å². The van der Waals surface area contributed by atoms with Crippen LogP contribution in [-0.4, -0.2) is 26.9 Å². The van der Waals surface area contributed by atoms with Crippen LogP contribution in [-0.2, 0) is 13.1 Å². The first-order chi connectivity index (χ1) is 13.3. The third-order valence-electron chi connectivity index (χ3n) is 4.82. The molecular formula is C22H28FN3O2. The molecule has 2 aromatic heterocycles. The molecule has 0 aliphatic rings. The summed E-state index contributed by atoms with van der Waals surface area (Å²) in [6.45, 7) is 11.7. The van der Waals surface area contributed by atoms with Gasteiger partial charge in [-0.25, -0.2) is 9.37 Å². The van der Waals surface area contributed by atoms with Gasteiger partial charge in [-0.15, -0.1) is 0 Å². The first-order valence-corrected chi connectivity index (χ1v) is 9.81. The number of aromatic nitrogens is 2. The minimum atomic E-state index is -0.308. The summed E-state index contributed by atoms with van der Waals surface area (Å²) in [5.41, 5.74) is 2.46. The number of halogens is 1. The van der Waals surface area contributed by atoms with Crippen molar-refractivity contribution in [1.29, 1.82) is 0 Å². The van der Waals surface area contributed by atoms with Gasteiger partial charge < -0.3 is 13.9 Å². The Morgan fingerprint density at radius 1 is 1.29 bits per heavy atom. The number of amides is 1. The van der Waals surface area contributed by atoms with Crippen LogP contribution < -0.4 is 0 Å². The molecule has 0 radical (unpaired) electrons. The van der Waals surface area contributed by atoms with Crippen molar-refractivity contribution in [3.8, 4) is 0 Å². The molecule has 0 aliphatic heterocycles. The van der Waals surface area contributed by atoms with E-state index in [0.717, 1.165) is 35.6 Å². The number of benzene rings is 1. The Labute approximate surface area is 165 Å². The summed E-state index contributed by atoms with van der Waals surface area (Å²) in [5, 5.41) is 0. The van der Waals surface area contributed by atoms with Gasteiger partial charge in [0.2, 0.25) is 0 Å². The number of furan rings is 1. The number of fused-ring (bicyclic) bond motifs is 1. The molecule has 150 valence electrons. The molecule has 0 saturated heterocycles. The van der Waals surface area contributed by atoms with Crippen LogP contribution in [0, 0.1) is 25.6 Å². The Hall–Kier alpha value is -2.63. The summed E-state index contributed by atoms with van der Waals surface area (Å²) in [4.78, 5) is 19.5. The Morgan fingerprint density at radius 2 is 2.04 bits per heavy atom. The Kier molecular flexibility index (Phi) is 5.87. The minimum Gasteiger partial charge on any atom is -0.456 e. The second kappa shape index (κ2) is 8.17. The minimum absolute atomic E-state index is 0.147. The maximum Gasteiger partial charge on any atom is 0.289 e. The maximum atomic E-state index is 13.7. The lowest BCUT2D eigenvalue weighted by Gasteiger charge is -2.24. The fraction of sp³-hybridized carbons (Fsp3) is 0.455. The first kappa shape index (κ1) is 20.1. The normalized spacial score (nSPS) is 11.5. The van der Waals surface area contributed by atoms with E-state index in [1.807, 2.05) is 13.8 Å². The lowest BCUT2D eigenvalue weighted by Crippen LogP contribution is -2.34. The monoisotopic (exact) mass is 385 g/mol. The molecule has 6 heteroatoms. The molecule has 0 N–H and O–H groups in total. The standard InChI is InChI=1S/C22H28FN3O2/c1-6-9-26-19-8-7-17(23)11-18(19)24-21(26)13-25(12-14(2)3)22(27)20-10-15(4)16(5)28-20/h7-8,10-11,14H,6,9,12-13H2,1-5H3. The Balaban J connectivity index is 1.98. The highest BCUT2D eigenvalue weighted by Gasteiger charge is 2.23. The number of rotatable bonds is 7. The lowest BCUT2D eigenvalue weighted by atomic mass is 10.2. The second-order valence-corrected chi connectivity index (χ2v) is 7.74. The van der Waals surface area contributed by atoms with E-state index >= 15 is 0 Å². The van der Waals surface area contributed by atoms with E-state index in [4.69, 9.17) is 4.42 Å². The highest BCUT2D eigenvalue weighted by atomic mass is 19.1. The van der Waals surface area contributed by atoms with Gasteiger partial charge in [-0.1, -0.05) is 20.8 Å². The van der Waals surface area contributed by atoms with Crippen molar-refractivity contribution in [2.24, 2.45) is 5.92 Å². The predicted octanol–water partition coefficient (Wildman–Crippen LogP) is 5.09. The third-order valence-corrected chi connectivity index (χ3v) is 4.82.